The topological polar surface area (TPSA) is 58.6 Å². The van der Waals surface area contributed by atoms with Crippen molar-refractivity contribution in [1.82, 2.24) is 5.32 Å². The number of carbonyl (C=O) groups excluding carboxylic acids is 2. The molecule has 5 nitrogen and oxygen atoms in total. The number of piperidine rings is 1. The molecule has 3 fully saturated rings. The molecule has 1 aromatic rings. The molecule has 0 unspecified atom stereocenters. The number of carbonyl (C=O) groups is 2. The van der Waals surface area contributed by atoms with E-state index in [1.165, 1.54) is 11.3 Å². The molecule has 0 aromatic heterocycles. The van der Waals surface area contributed by atoms with Gasteiger partial charge in [-0.1, -0.05) is 32.1 Å². The monoisotopic (exact) mass is 574 g/mol. The van der Waals surface area contributed by atoms with Crippen LogP contribution >= 0.6 is 23.2 Å². The summed E-state index contributed by atoms with van der Waals surface area (Å²) in [6.07, 6.45) is 11.4. The van der Waals surface area contributed by atoms with Crippen LogP contribution in [-0.2, 0) is 20.7 Å². The fraction of sp³-hybridized carbons (Fsp3) is 0.688. The third kappa shape index (κ3) is 5.73. The van der Waals surface area contributed by atoms with Gasteiger partial charge in [0.1, 0.15) is 6.10 Å². The highest BCUT2D eigenvalue weighted by molar-refractivity contribution is 6.18. The molecule has 6 atom stereocenters. The molecule has 0 spiro atoms. The Kier molecular flexibility index (Phi) is 8.88. The molecule has 39 heavy (non-hydrogen) atoms. The molecule has 0 radical (unpaired) electrons. The van der Waals surface area contributed by atoms with Crippen molar-refractivity contribution < 1.29 is 14.3 Å². The van der Waals surface area contributed by atoms with Gasteiger partial charge in [0.25, 0.3) is 0 Å². The number of anilines is 1. The van der Waals surface area contributed by atoms with E-state index in [1.54, 1.807) is 0 Å². The van der Waals surface area contributed by atoms with Crippen molar-refractivity contribution in [3.8, 4) is 0 Å². The zero-order valence-electron chi connectivity index (χ0n) is 23.5. The number of amides is 1. The summed E-state index contributed by atoms with van der Waals surface area (Å²) in [5.41, 5.74) is 3.67. The summed E-state index contributed by atoms with van der Waals surface area (Å²) in [6, 6.07) is 8.51. The number of benzene rings is 1. The summed E-state index contributed by atoms with van der Waals surface area (Å²) in [4.78, 5) is 27.2. The molecule has 214 valence electrons. The van der Waals surface area contributed by atoms with E-state index in [2.05, 4.69) is 54.4 Å². The van der Waals surface area contributed by atoms with Crippen LogP contribution < -0.4 is 10.2 Å². The second kappa shape index (κ2) is 12.0. The van der Waals surface area contributed by atoms with E-state index in [0.717, 1.165) is 70.1 Å². The molecular weight excluding hydrogens is 531 g/mol. The molecule has 1 saturated heterocycles. The summed E-state index contributed by atoms with van der Waals surface area (Å²) < 4.78 is 6.21. The predicted octanol–water partition coefficient (Wildman–Crippen LogP) is 6.85. The summed E-state index contributed by atoms with van der Waals surface area (Å²) in [5.74, 6) is 3.05. The molecular formula is C32H44Cl2N2O3. The Morgan fingerprint density at radius 1 is 1.05 bits per heavy atom. The lowest BCUT2D eigenvalue weighted by Gasteiger charge is -2.56. The summed E-state index contributed by atoms with van der Waals surface area (Å²) in [6.45, 7) is 6.30. The van der Waals surface area contributed by atoms with E-state index in [0.29, 0.717) is 42.4 Å². The van der Waals surface area contributed by atoms with E-state index < -0.39 is 0 Å². The molecule has 4 aliphatic rings. The largest absolute Gasteiger partial charge is 0.462 e. The Bertz CT molecular complexity index is 1070. The first kappa shape index (κ1) is 28.8. The lowest BCUT2D eigenvalue weighted by Crippen LogP contribution is -2.54. The number of halogens is 2. The SMILES string of the molecule is C[C@]12CC[C@H]3[C@@H](CC=C4NC(=O)CC[C@@]43C)[C@@H]1CC[C@@H]2OC(=O)CCCc1ccc(N(CCCl)CCCl)cc1. The van der Waals surface area contributed by atoms with Crippen molar-refractivity contribution in [2.75, 3.05) is 29.7 Å². The van der Waals surface area contributed by atoms with Crippen molar-refractivity contribution in [3.63, 3.8) is 0 Å². The molecule has 7 heteroatoms. The second-order valence-corrected chi connectivity index (χ2v) is 13.4. The number of nitrogens with zero attached hydrogens (tertiary/aromatic N) is 1. The van der Waals surface area contributed by atoms with Crippen LogP contribution in [0, 0.1) is 28.6 Å². The number of allylic oxidation sites excluding steroid dienone is 2. The van der Waals surface area contributed by atoms with Crippen LogP contribution in [-0.4, -0.2) is 42.8 Å². The van der Waals surface area contributed by atoms with Crippen LogP contribution in [0.2, 0.25) is 0 Å². The number of esters is 1. The highest BCUT2D eigenvalue weighted by Gasteiger charge is 2.59. The number of rotatable bonds is 10. The lowest BCUT2D eigenvalue weighted by atomic mass is 9.50. The highest BCUT2D eigenvalue weighted by Crippen LogP contribution is 2.64. The van der Waals surface area contributed by atoms with Gasteiger partial charge in [0.15, 0.2) is 0 Å². The van der Waals surface area contributed by atoms with Gasteiger partial charge in [0.2, 0.25) is 5.91 Å². The number of alkyl halides is 2. The normalized spacial score (nSPS) is 33.3. The summed E-state index contributed by atoms with van der Waals surface area (Å²) in [7, 11) is 0. The van der Waals surface area contributed by atoms with E-state index in [4.69, 9.17) is 27.9 Å². The number of aryl methyl sites for hydroxylation is 1. The van der Waals surface area contributed by atoms with Gasteiger partial charge in [-0.05, 0) is 86.8 Å². The molecule has 0 bridgehead atoms. The van der Waals surface area contributed by atoms with Crippen molar-refractivity contribution in [1.29, 1.82) is 0 Å². The fourth-order valence-corrected chi connectivity index (χ4v) is 8.85. The van der Waals surface area contributed by atoms with Crippen molar-refractivity contribution >= 4 is 40.8 Å². The first-order chi connectivity index (χ1) is 18.8. The first-order valence-corrected chi connectivity index (χ1v) is 16.0. The molecule has 1 amide bonds. The zero-order chi connectivity index (χ0) is 27.6. The van der Waals surface area contributed by atoms with Crippen LogP contribution in [0.4, 0.5) is 5.69 Å². The Morgan fingerprint density at radius 3 is 2.51 bits per heavy atom. The number of hydrogen-bond acceptors (Lipinski definition) is 4. The maximum atomic E-state index is 12.9. The van der Waals surface area contributed by atoms with E-state index in [9.17, 15) is 9.59 Å². The Balaban J connectivity index is 1.13. The van der Waals surface area contributed by atoms with E-state index >= 15 is 0 Å². The van der Waals surface area contributed by atoms with Gasteiger partial charge < -0.3 is 15.0 Å². The minimum absolute atomic E-state index is 0.0225. The van der Waals surface area contributed by atoms with Gasteiger partial charge >= 0.3 is 5.97 Å². The first-order valence-electron chi connectivity index (χ1n) is 14.9. The third-order valence-corrected chi connectivity index (χ3v) is 11.0. The van der Waals surface area contributed by atoms with Gasteiger partial charge in [0.05, 0.1) is 0 Å². The average Bonchev–Trinajstić information content (AvgIpc) is 3.25. The predicted molar refractivity (Wildman–Crippen MR) is 158 cm³/mol. The molecule has 1 aromatic carbocycles. The number of hydrogen-bond donors (Lipinski definition) is 1. The zero-order valence-corrected chi connectivity index (χ0v) is 25.0. The van der Waals surface area contributed by atoms with Crippen LogP contribution in [0.5, 0.6) is 0 Å². The standard InChI is InChI=1S/C32H44Cl2N2O3/c1-31-17-15-29(37)35-27(31)12-10-24-25-11-13-28(32(25,2)16-14-26(24)31)39-30(38)5-3-4-22-6-8-23(9-7-22)36(20-18-33)21-19-34/h6-9,12,24-26,28H,3-5,10-11,13-21H2,1-2H3,(H,35,37)/t24-,25-,26-,28-,31+,32-/m0/s1. The Labute approximate surface area is 244 Å². The number of nitrogens with one attached hydrogen (secondary N) is 1. The molecule has 3 aliphatic carbocycles. The van der Waals surface area contributed by atoms with Crippen molar-refractivity contribution in [2.45, 2.75) is 84.2 Å². The fourth-order valence-electron chi connectivity index (χ4n) is 8.44. The molecule has 1 aliphatic heterocycles. The van der Waals surface area contributed by atoms with Crippen molar-refractivity contribution in [3.05, 3.63) is 41.6 Å². The maximum Gasteiger partial charge on any atom is 0.306 e. The van der Waals surface area contributed by atoms with Gasteiger partial charge in [-0.25, -0.2) is 0 Å². The van der Waals surface area contributed by atoms with Crippen LogP contribution in [0.3, 0.4) is 0 Å². The van der Waals surface area contributed by atoms with Crippen LogP contribution in [0.1, 0.15) is 77.2 Å². The van der Waals surface area contributed by atoms with Crippen LogP contribution in [0.25, 0.3) is 0 Å². The van der Waals surface area contributed by atoms with E-state index in [-0.39, 0.29) is 28.8 Å². The molecule has 1 heterocycles. The smallest absolute Gasteiger partial charge is 0.306 e. The van der Waals surface area contributed by atoms with Crippen LogP contribution in [0.15, 0.2) is 36.0 Å². The third-order valence-electron chi connectivity index (χ3n) is 10.7. The Morgan fingerprint density at radius 2 is 1.79 bits per heavy atom. The van der Waals surface area contributed by atoms with Gasteiger partial charge in [-0.15, -0.1) is 23.2 Å². The van der Waals surface area contributed by atoms with Gasteiger partial charge in [0, 0.05) is 59.9 Å². The minimum atomic E-state index is -0.0520. The molecule has 1 N–H and O–H groups in total. The number of fused-ring (bicyclic) bond motifs is 5. The van der Waals surface area contributed by atoms with E-state index in [1.807, 2.05) is 0 Å². The summed E-state index contributed by atoms with van der Waals surface area (Å²) >= 11 is 11.9. The maximum absolute atomic E-state index is 12.9. The number of ether oxygens (including phenoxy) is 1. The second-order valence-electron chi connectivity index (χ2n) is 12.7. The van der Waals surface area contributed by atoms with Crippen molar-refractivity contribution in [2.24, 2.45) is 28.6 Å². The molecule has 2 saturated carbocycles. The minimum Gasteiger partial charge on any atom is -0.462 e. The average molecular weight is 576 g/mol. The van der Waals surface area contributed by atoms with Gasteiger partial charge in [-0.3, -0.25) is 9.59 Å². The highest BCUT2D eigenvalue weighted by atomic mass is 35.5. The Hall–Kier alpha value is -1.72. The lowest BCUT2D eigenvalue weighted by molar-refractivity contribution is -0.159. The quantitative estimate of drug-likeness (QED) is 0.245. The summed E-state index contributed by atoms with van der Waals surface area (Å²) in [5, 5.41) is 3.19. The molecule has 5 rings (SSSR count). The van der Waals surface area contributed by atoms with Gasteiger partial charge in [-0.2, -0.15) is 0 Å².